The molecule has 165 valence electrons. The average Bonchev–Trinajstić information content (AvgIpc) is 2.89. The number of hydrogen-bond donors (Lipinski definition) is 0. The van der Waals surface area contributed by atoms with Crippen molar-refractivity contribution in [3.05, 3.63) is 132 Å². The summed E-state index contributed by atoms with van der Waals surface area (Å²) in [6.07, 6.45) is 8.79. The molecular formula is C30H26IrN2. The number of benzene rings is 4. The van der Waals surface area contributed by atoms with Crippen molar-refractivity contribution < 1.29 is 20.1 Å². The van der Waals surface area contributed by atoms with Crippen LogP contribution in [0.2, 0.25) is 0 Å². The van der Waals surface area contributed by atoms with Crippen LogP contribution in [-0.4, -0.2) is 13.1 Å². The third kappa shape index (κ3) is 5.17. The SMILES string of the molecule is C1=Cc2ccccc2N(c2ccccc2)C1.C1=Cc2ccccc2N(c2ccccc2)C1.[Ir]. The normalized spacial score (nSPS) is 13.2. The minimum Gasteiger partial charge on any atom is -0.337 e. The van der Waals surface area contributed by atoms with E-state index >= 15 is 0 Å². The van der Waals surface area contributed by atoms with Crippen molar-refractivity contribution in [3.63, 3.8) is 0 Å². The van der Waals surface area contributed by atoms with Crippen molar-refractivity contribution in [2.75, 3.05) is 22.9 Å². The molecular weight excluding hydrogens is 581 g/mol. The van der Waals surface area contributed by atoms with Crippen LogP contribution in [0.4, 0.5) is 22.7 Å². The van der Waals surface area contributed by atoms with Crippen molar-refractivity contribution in [2.45, 2.75) is 0 Å². The van der Waals surface area contributed by atoms with E-state index in [0.29, 0.717) is 0 Å². The van der Waals surface area contributed by atoms with E-state index in [0.717, 1.165) is 13.1 Å². The van der Waals surface area contributed by atoms with Gasteiger partial charge in [-0.1, -0.05) is 97.1 Å². The number of hydrogen-bond acceptors (Lipinski definition) is 2. The fraction of sp³-hybridized carbons (Fsp3) is 0.0667. The molecule has 0 amide bonds. The van der Waals surface area contributed by atoms with Gasteiger partial charge in [-0.25, -0.2) is 0 Å². The van der Waals surface area contributed by atoms with Crippen LogP contribution in [0.15, 0.2) is 121 Å². The van der Waals surface area contributed by atoms with Crippen LogP contribution in [0.3, 0.4) is 0 Å². The van der Waals surface area contributed by atoms with Crippen LogP contribution in [-0.2, 0) is 20.1 Å². The molecule has 6 rings (SSSR count). The largest absolute Gasteiger partial charge is 0.337 e. The number of nitrogens with zero attached hydrogens (tertiary/aromatic N) is 2. The summed E-state index contributed by atoms with van der Waals surface area (Å²) in [7, 11) is 0. The third-order valence-corrected chi connectivity index (χ3v) is 5.76. The second-order valence-electron chi connectivity index (χ2n) is 7.81. The molecule has 33 heavy (non-hydrogen) atoms. The van der Waals surface area contributed by atoms with E-state index in [1.807, 2.05) is 0 Å². The predicted octanol–water partition coefficient (Wildman–Crippen LogP) is 7.70. The molecule has 0 atom stereocenters. The average molecular weight is 607 g/mol. The Morgan fingerprint density at radius 2 is 0.788 bits per heavy atom. The van der Waals surface area contributed by atoms with Crippen LogP contribution >= 0.6 is 0 Å². The minimum atomic E-state index is 0. The Hall–Kier alpha value is -3.39. The van der Waals surface area contributed by atoms with Gasteiger partial charge in [-0.3, -0.25) is 0 Å². The Balaban J connectivity index is 0.000000152. The Morgan fingerprint density at radius 3 is 1.21 bits per heavy atom. The third-order valence-electron chi connectivity index (χ3n) is 5.76. The molecule has 0 fully saturated rings. The molecule has 4 aromatic rings. The van der Waals surface area contributed by atoms with Gasteiger partial charge in [-0.05, 0) is 47.5 Å². The Bertz CT molecular complexity index is 1130. The molecule has 2 nitrogen and oxygen atoms in total. The summed E-state index contributed by atoms with van der Waals surface area (Å²) >= 11 is 0. The molecule has 0 unspecified atom stereocenters. The first kappa shape index (κ1) is 22.8. The molecule has 0 aliphatic carbocycles. The van der Waals surface area contributed by atoms with E-state index in [1.165, 1.54) is 33.9 Å². The van der Waals surface area contributed by atoms with Gasteiger partial charge in [0.05, 0.1) is 0 Å². The van der Waals surface area contributed by atoms with Gasteiger partial charge in [-0.2, -0.15) is 0 Å². The van der Waals surface area contributed by atoms with E-state index in [9.17, 15) is 0 Å². The molecule has 1 radical (unpaired) electrons. The first-order chi connectivity index (χ1) is 15.9. The maximum Gasteiger partial charge on any atom is 0.0487 e. The molecule has 0 bridgehead atoms. The van der Waals surface area contributed by atoms with E-state index < -0.39 is 0 Å². The van der Waals surface area contributed by atoms with Crippen molar-refractivity contribution in [1.82, 2.24) is 0 Å². The van der Waals surface area contributed by atoms with E-state index in [4.69, 9.17) is 0 Å². The zero-order valence-corrected chi connectivity index (χ0v) is 20.7. The van der Waals surface area contributed by atoms with E-state index in [1.54, 1.807) is 0 Å². The fourth-order valence-corrected chi connectivity index (χ4v) is 4.22. The molecule has 0 saturated carbocycles. The van der Waals surface area contributed by atoms with Gasteiger partial charge in [0.25, 0.3) is 0 Å². The van der Waals surface area contributed by atoms with Crippen molar-refractivity contribution in [3.8, 4) is 0 Å². The van der Waals surface area contributed by atoms with Gasteiger partial charge in [0.15, 0.2) is 0 Å². The van der Waals surface area contributed by atoms with Crippen LogP contribution in [0.1, 0.15) is 11.1 Å². The number of rotatable bonds is 2. The summed E-state index contributed by atoms with van der Waals surface area (Å²) in [5.41, 5.74) is 7.65. The molecule has 0 saturated heterocycles. The quantitative estimate of drug-likeness (QED) is 0.231. The van der Waals surface area contributed by atoms with Crippen LogP contribution < -0.4 is 9.80 Å². The van der Waals surface area contributed by atoms with Crippen LogP contribution in [0.25, 0.3) is 12.2 Å². The molecule has 0 N–H and O–H groups in total. The monoisotopic (exact) mass is 607 g/mol. The molecule has 2 aliphatic rings. The maximum absolute atomic E-state index is 2.33. The first-order valence-electron chi connectivity index (χ1n) is 11.1. The molecule has 0 spiro atoms. The number of para-hydroxylation sites is 4. The topological polar surface area (TPSA) is 6.48 Å². The summed E-state index contributed by atoms with van der Waals surface area (Å²) in [6, 6.07) is 38.0. The summed E-state index contributed by atoms with van der Waals surface area (Å²) in [6.45, 7) is 1.89. The minimum absolute atomic E-state index is 0. The second kappa shape index (κ2) is 11.0. The maximum atomic E-state index is 2.33. The Labute approximate surface area is 209 Å². The standard InChI is InChI=1S/2C15H13N.Ir/c2*1-2-9-14(10-3-1)16-12-6-8-13-7-4-5-11-15(13)16;/h2*1-11H,12H2;. The van der Waals surface area contributed by atoms with E-state index in [-0.39, 0.29) is 20.1 Å². The summed E-state index contributed by atoms with van der Waals surface area (Å²) < 4.78 is 0. The van der Waals surface area contributed by atoms with Crippen molar-refractivity contribution >= 4 is 34.9 Å². The van der Waals surface area contributed by atoms with Gasteiger partial charge in [0.2, 0.25) is 0 Å². The molecule has 2 heterocycles. The molecule has 4 aromatic carbocycles. The summed E-state index contributed by atoms with van der Waals surface area (Å²) in [4.78, 5) is 4.66. The first-order valence-corrected chi connectivity index (χ1v) is 11.1. The zero-order valence-electron chi connectivity index (χ0n) is 18.3. The van der Waals surface area contributed by atoms with Gasteiger partial charge in [0, 0.05) is 55.9 Å². The smallest absolute Gasteiger partial charge is 0.0487 e. The summed E-state index contributed by atoms with van der Waals surface area (Å²) in [5.74, 6) is 0. The predicted molar refractivity (Wildman–Crippen MR) is 138 cm³/mol. The molecule has 0 aromatic heterocycles. The number of fused-ring (bicyclic) bond motifs is 2. The zero-order chi connectivity index (χ0) is 21.6. The Morgan fingerprint density at radius 1 is 0.424 bits per heavy atom. The van der Waals surface area contributed by atoms with Crippen molar-refractivity contribution in [1.29, 1.82) is 0 Å². The summed E-state index contributed by atoms with van der Waals surface area (Å²) in [5, 5.41) is 0. The van der Waals surface area contributed by atoms with Gasteiger partial charge in [0.1, 0.15) is 0 Å². The van der Waals surface area contributed by atoms with Crippen LogP contribution in [0, 0.1) is 0 Å². The van der Waals surface area contributed by atoms with Gasteiger partial charge < -0.3 is 9.80 Å². The Kier molecular flexibility index (Phi) is 7.57. The van der Waals surface area contributed by atoms with E-state index in [2.05, 4.69) is 143 Å². The number of anilines is 4. The second-order valence-corrected chi connectivity index (χ2v) is 7.81. The fourth-order valence-electron chi connectivity index (χ4n) is 4.22. The van der Waals surface area contributed by atoms with Gasteiger partial charge in [-0.15, -0.1) is 0 Å². The molecule has 2 aliphatic heterocycles. The van der Waals surface area contributed by atoms with Crippen molar-refractivity contribution in [2.24, 2.45) is 0 Å². The van der Waals surface area contributed by atoms with Gasteiger partial charge >= 0.3 is 0 Å². The van der Waals surface area contributed by atoms with Crippen LogP contribution in [0.5, 0.6) is 0 Å². The molecule has 3 heteroatoms.